The molecule has 16 heavy (non-hydrogen) atoms. The maximum atomic E-state index is 5.87. The van der Waals surface area contributed by atoms with E-state index in [0.717, 1.165) is 18.0 Å². The van der Waals surface area contributed by atoms with Gasteiger partial charge >= 0.3 is 0 Å². The van der Waals surface area contributed by atoms with Gasteiger partial charge in [0.2, 0.25) is 0 Å². The van der Waals surface area contributed by atoms with E-state index in [4.69, 9.17) is 17.3 Å². The lowest BCUT2D eigenvalue weighted by Gasteiger charge is -2.25. The Kier molecular flexibility index (Phi) is 5.26. The first-order chi connectivity index (χ1) is 7.50. The quantitative estimate of drug-likeness (QED) is 0.857. The first kappa shape index (κ1) is 13.5. The van der Waals surface area contributed by atoms with E-state index in [9.17, 15) is 0 Å². The normalized spacial score (nSPS) is 15.1. The summed E-state index contributed by atoms with van der Waals surface area (Å²) < 4.78 is 0. The van der Waals surface area contributed by atoms with E-state index >= 15 is 0 Å². The van der Waals surface area contributed by atoms with Crippen LogP contribution in [0.1, 0.15) is 31.9 Å². The minimum absolute atomic E-state index is 0.264. The van der Waals surface area contributed by atoms with Gasteiger partial charge in [0.1, 0.15) is 0 Å². The van der Waals surface area contributed by atoms with Gasteiger partial charge in [0.15, 0.2) is 0 Å². The maximum Gasteiger partial charge on any atom is 0.0406 e. The van der Waals surface area contributed by atoms with Crippen molar-refractivity contribution < 1.29 is 0 Å². The Labute approximate surface area is 103 Å². The Hall–Kier alpha value is -0.570. The second-order valence-electron chi connectivity index (χ2n) is 4.47. The van der Waals surface area contributed by atoms with E-state index in [-0.39, 0.29) is 6.04 Å². The topological polar surface area (TPSA) is 29.3 Å². The number of rotatable bonds is 5. The van der Waals surface area contributed by atoms with Crippen LogP contribution >= 0.6 is 11.6 Å². The van der Waals surface area contributed by atoms with Crippen LogP contribution in [0.5, 0.6) is 0 Å². The van der Waals surface area contributed by atoms with Crippen molar-refractivity contribution in [2.45, 2.75) is 32.4 Å². The fourth-order valence-corrected chi connectivity index (χ4v) is 1.72. The smallest absolute Gasteiger partial charge is 0.0406 e. The molecule has 2 atom stereocenters. The van der Waals surface area contributed by atoms with Crippen LogP contribution in [0.2, 0.25) is 5.02 Å². The molecule has 0 saturated heterocycles. The third-order valence-electron chi connectivity index (χ3n) is 2.95. The fraction of sp³-hybridized carbons (Fsp3) is 0.538. The first-order valence-electron chi connectivity index (χ1n) is 5.72. The van der Waals surface area contributed by atoms with Crippen LogP contribution in [-0.2, 0) is 0 Å². The van der Waals surface area contributed by atoms with Crippen molar-refractivity contribution in [1.82, 2.24) is 4.90 Å². The third-order valence-corrected chi connectivity index (χ3v) is 3.20. The van der Waals surface area contributed by atoms with E-state index in [1.54, 1.807) is 0 Å². The molecule has 0 radical (unpaired) electrons. The van der Waals surface area contributed by atoms with Crippen LogP contribution in [0.4, 0.5) is 0 Å². The standard InChI is InChI=1S/C13H21ClN2/c1-10(15)8-9-16(3)11(2)12-4-6-13(14)7-5-12/h4-7,10-11H,8-9,15H2,1-3H3. The second kappa shape index (κ2) is 6.24. The fourth-order valence-electron chi connectivity index (χ4n) is 1.60. The van der Waals surface area contributed by atoms with Crippen molar-refractivity contribution in [3.05, 3.63) is 34.9 Å². The predicted octanol–water partition coefficient (Wildman–Crippen LogP) is 3.07. The highest BCUT2D eigenvalue weighted by molar-refractivity contribution is 6.30. The molecule has 2 unspecified atom stereocenters. The van der Waals surface area contributed by atoms with Crippen LogP contribution in [0, 0.1) is 0 Å². The van der Waals surface area contributed by atoms with Gasteiger partial charge in [-0.15, -0.1) is 0 Å². The number of hydrogen-bond acceptors (Lipinski definition) is 2. The summed E-state index contributed by atoms with van der Waals surface area (Å²) in [5.41, 5.74) is 7.04. The van der Waals surface area contributed by atoms with E-state index < -0.39 is 0 Å². The molecule has 0 aliphatic carbocycles. The van der Waals surface area contributed by atoms with Crippen molar-refractivity contribution in [2.24, 2.45) is 5.73 Å². The summed E-state index contributed by atoms with van der Waals surface area (Å²) in [4.78, 5) is 2.31. The zero-order chi connectivity index (χ0) is 12.1. The second-order valence-corrected chi connectivity index (χ2v) is 4.91. The minimum Gasteiger partial charge on any atom is -0.328 e. The van der Waals surface area contributed by atoms with Crippen molar-refractivity contribution in [1.29, 1.82) is 0 Å². The Morgan fingerprint density at radius 1 is 1.25 bits per heavy atom. The predicted molar refractivity (Wildman–Crippen MR) is 70.8 cm³/mol. The first-order valence-corrected chi connectivity index (χ1v) is 6.09. The van der Waals surface area contributed by atoms with Gasteiger partial charge in [0.25, 0.3) is 0 Å². The number of nitrogens with zero attached hydrogens (tertiary/aromatic N) is 1. The van der Waals surface area contributed by atoms with Crippen LogP contribution in [0.3, 0.4) is 0 Å². The highest BCUT2D eigenvalue weighted by atomic mass is 35.5. The average molecular weight is 241 g/mol. The van der Waals surface area contributed by atoms with Crippen molar-refractivity contribution in [3.63, 3.8) is 0 Å². The lowest BCUT2D eigenvalue weighted by atomic mass is 10.1. The molecular formula is C13H21ClN2. The molecule has 0 heterocycles. The Morgan fingerprint density at radius 2 is 1.81 bits per heavy atom. The van der Waals surface area contributed by atoms with Gasteiger partial charge in [-0.3, -0.25) is 4.90 Å². The van der Waals surface area contributed by atoms with E-state index in [1.807, 2.05) is 19.1 Å². The molecule has 0 saturated carbocycles. The number of benzene rings is 1. The average Bonchev–Trinajstić information content (AvgIpc) is 2.26. The highest BCUT2D eigenvalue weighted by Gasteiger charge is 2.11. The molecule has 2 N–H and O–H groups in total. The summed E-state index contributed by atoms with van der Waals surface area (Å²) in [6.45, 7) is 5.26. The Morgan fingerprint density at radius 3 is 2.31 bits per heavy atom. The lowest BCUT2D eigenvalue weighted by molar-refractivity contribution is 0.253. The molecule has 0 fully saturated rings. The van der Waals surface area contributed by atoms with Crippen LogP contribution in [0.25, 0.3) is 0 Å². The summed E-state index contributed by atoms with van der Waals surface area (Å²) in [5.74, 6) is 0. The zero-order valence-electron chi connectivity index (χ0n) is 10.3. The van der Waals surface area contributed by atoms with Crippen LogP contribution < -0.4 is 5.73 Å². The summed E-state index contributed by atoms with van der Waals surface area (Å²) in [6, 6.07) is 8.69. The number of nitrogens with two attached hydrogens (primary N) is 1. The van der Waals surface area contributed by atoms with E-state index in [2.05, 4.69) is 31.0 Å². The molecule has 0 amide bonds. The Bertz CT molecular complexity index is 308. The monoisotopic (exact) mass is 240 g/mol. The summed E-state index contributed by atoms with van der Waals surface area (Å²) in [6.07, 6.45) is 1.02. The maximum absolute atomic E-state index is 5.87. The molecule has 1 aromatic carbocycles. The lowest BCUT2D eigenvalue weighted by Crippen LogP contribution is -2.28. The van der Waals surface area contributed by atoms with Crippen molar-refractivity contribution in [3.8, 4) is 0 Å². The van der Waals surface area contributed by atoms with Gasteiger partial charge in [-0.05, 0) is 51.6 Å². The van der Waals surface area contributed by atoms with Gasteiger partial charge in [0, 0.05) is 17.1 Å². The molecule has 1 rings (SSSR count). The highest BCUT2D eigenvalue weighted by Crippen LogP contribution is 2.20. The molecular weight excluding hydrogens is 220 g/mol. The summed E-state index contributed by atoms with van der Waals surface area (Å²) >= 11 is 5.87. The van der Waals surface area contributed by atoms with Gasteiger partial charge in [0.05, 0.1) is 0 Å². The van der Waals surface area contributed by atoms with Gasteiger partial charge in [-0.2, -0.15) is 0 Å². The van der Waals surface area contributed by atoms with Gasteiger partial charge < -0.3 is 5.73 Å². The van der Waals surface area contributed by atoms with Gasteiger partial charge in [-0.1, -0.05) is 23.7 Å². The Balaban J connectivity index is 2.56. The van der Waals surface area contributed by atoms with Crippen LogP contribution in [-0.4, -0.2) is 24.5 Å². The molecule has 3 heteroatoms. The summed E-state index contributed by atoms with van der Waals surface area (Å²) in [5, 5.41) is 0.786. The van der Waals surface area contributed by atoms with Gasteiger partial charge in [-0.25, -0.2) is 0 Å². The third kappa shape index (κ3) is 4.12. The largest absolute Gasteiger partial charge is 0.328 e. The molecule has 0 spiro atoms. The zero-order valence-corrected chi connectivity index (χ0v) is 11.0. The molecule has 0 aromatic heterocycles. The molecule has 1 aromatic rings. The molecule has 0 bridgehead atoms. The molecule has 0 aliphatic rings. The molecule has 90 valence electrons. The van der Waals surface area contributed by atoms with E-state index in [0.29, 0.717) is 6.04 Å². The molecule has 2 nitrogen and oxygen atoms in total. The summed E-state index contributed by atoms with van der Waals surface area (Å²) in [7, 11) is 2.13. The minimum atomic E-state index is 0.264. The van der Waals surface area contributed by atoms with Crippen LogP contribution in [0.15, 0.2) is 24.3 Å². The van der Waals surface area contributed by atoms with Crippen molar-refractivity contribution in [2.75, 3.05) is 13.6 Å². The van der Waals surface area contributed by atoms with Crippen molar-refractivity contribution >= 4 is 11.6 Å². The van der Waals surface area contributed by atoms with E-state index in [1.165, 1.54) is 5.56 Å². The molecule has 0 aliphatic heterocycles. The SMILES string of the molecule is CC(N)CCN(C)C(C)c1ccc(Cl)cc1. The number of halogens is 1. The number of hydrogen-bond donors (Lipinski definition) is 1.